The molecule has 0 saturated heterocycles. The summed E-state index contributed by atoms with van der Waals surface area (Å²) in [6.45, 7) is 4.78. The molecule has 0 bridgehead atoms. The van der Waals surface area contributed by atoms with Crippen LogP contribution in [0.3, 0.4) is 0 Å². The van der Waals surface area contributed by atoms with E-state index in [1.54, 1.807) is 0 Å². The first kappa shape index (κ1) is 14.0. The molecule has 0 saturated carbocycles. The zero-order valence-electron chi connectivity index (χ0n) is 11.4. The van der Waals surface area contributed by atoms with E-state index in [1.165, 1.54) is 10.4 Å². The fourth-order valence-corrected chi connectivity index (χ4v) is 4.64. The van der Waals surface area contributed by atoms with Crippen LogP contribution in [0, 0.1) is 0 Å². The van der Waals surface area contributed by atoms with Crippen LogP contribution in [0.1, 0.15) is 11.1 Å². The first-order valence-corrected chi connectivity index (χ1v) is 9.48. The van der Waals surface area contributed by atoms with Gasteiger partial charge in [0.25, 0.3) is 0 Å². The van der Waals surface area contributed by atoms with E-state index in [1.807, 2.05) is 24.3 Å². The Morgan fingerprint density at radius 2 is 1.42 bits per heavy atom. The number of rotatable bonds is 4. The summed E-state index contributed by atoms with van der Waals surface area (Å²) in [6, 6.07) is 16.4. The van der Waals surface area contributed by atoms with Gasteiger partial charge in [-0.05, 0) is 11.1 Å². The predicted octanol–water partition coefficient (Wildman–Crippen LogP) is 1.49. The lowest BCUT2D eigenvalue weighted by Crippen LogP contribution is -2.52. The molecule has 0 fully saturated rings. The smallest absolute Gasteiger partial charge is 0.112 e. The van der Waals surface area contributed by atoms with E-state index in [-0.39, 0.29) is 13.2 Å². The molecule has 19 heavy (non-hydrogen) atoms. The van der Waals surface area contributed by atoms with Crippen LogP contribution in [0.4, 0.5) is 0 Å². The number of aliphatic hydroxyl groups is 2. The number of aliphatic hydroxyl groups excluding tert-OH is 2. The first-order chi connectivity index (χ1) is 9.07. The first-order valence-electron chi connectivity index (χ1n) is 6.48. The van der Waals surface area contributed by atoms with Crippen molar-refractivity contribution >= 4 is 18.4 Å². The summed E-state index contributed by atoms with van der Waals surface area (Å²) in [6.07, 6.45) is 0. The summed E-state index contributed by atoms with van der Waals surface area (Å²) in [7, 11) is -1.73. The van der Waals surface area contributed by atoms with Gasteiger partial charge in [0.2, 0.25) is 0 Å². The van der Waals surface area contributed by atoms with E-state index in [9.17, 15) is 5.11 Å². The van der Waals surface area contributed by atoms with Crippen molar-refractivity contribution in [2.75, 3.05) is 0 Å². The Labute approximate surface area is 115 Å². The fraction of sp³-hybridized carbons (Fsp3) is 0.250. The van der Waals surface area contributed by atoms with Crippen LogP contribution in [0.25, 0.3) is 0 Å². The van der Waals surface area contributed by atoms with E-state index >= 15 is 0 Å². The Kier molecular flexibility index (Phi) is 4.19. The molecule has 2 aromatic carbocycles. The van der Waals surface area contributed by atoms with Gasteiger partial charge >= 0.3 is 0 Å². The second-order valence-corrected chi connectivity index (χ2v) is 9.74. The van der Waals surface area contributed by atoms with Crippen LogP contribution in [0.15, 0.2) is 48.5 Å². The minimum absolute atomic E-state index is 0.0851. The molecule has 0 aliphatic heterocycles. The van der Waals surface area contributed by atoms with Gasteiger partial charge < -0.3 is 10.2 Å². The predicted molar refractivity (Wildman–Crippen MR) is 81.5 cm³/mol. The summed E-state index contributed by atoms with van der Waals surface area (Å²) in [4.78, 5) is 0. The van der Waals surface area contributed by atoms with Crippen molar-refractivity contribution in [3.63, 3.8) is 0 Å². The average Bonchev–Trinajstić information content (AvgIpc) is 2.47. The van der Waals surface area contributed by atoms with Gasteiger partial charge in [0.1, 0.15) is 8.07 Å². The molecule has 0 heterocycles. The van der Waals surface area contributed by atoms with Crippen LogP contribution >= 0.6 is 0 Å². The molecule has 0 amide bonds. The fourth-order valence-electron chi connectivity index (χ4n) is 2.25. The molecule has 0 aliphatic carbocycles. The monoisotopic (exact) mass is 272 g/mol. The maximum Gasteiger partial charge on any atom is 0.112 e. The molecular formula is C16H20O2Si. The summed E-state index contributed by atoms with van der Waals surface area (Å²) < 4.78 is 0. The van der Waals surface area contributed by atoms with E-state index in [0.29, 0.717) is 0 Å². The van der Waals surface area contributed by atoms with Crippen molar-refractivity contribution in [1.82, 2.24) is 0 Å². The van der Waals surface area contributed by atoms with Gasteiger partial charge in [0.05, 0.1) is 13.2 Å². The van der Waals surface area contributed by atoms with Crippen molar-refractivity contribution < 1.29 is 10.2 Å². The quantitative estimate of drug-likeness (QED) is 0.828. The maximum absolute atomic E-state index is 9.25. The molecule has 2 N–H and O–H groups in total. The lowest BCUT2D eigenvalue weighted by molar-refractivity contribution is 0.281. The van der Waals surface area contributed by atoms with Gasteiger partial charge in [-0.2, -0.15) is 0 Å². The molecule has 2 nitrogen and oxygen atoms in total. The van der Waals surface area contributed by atoms with Crippen LogP contribution in [-0.4, -0.2) is 18.3 Å². The zero-order chi connectivity index (χ0) is 13.9. The largest absolute Gasteiger partial charge is 0.392 e. The molecule has 0 unspecified atom stereocenters. The minimum atomic E-state index is -1.73. The Hall–Kier alpha value is -1.42. The third-order valence-electron chi connectivity index (χ3n) is 3.69. The highest BCUT2D eigenvalue weighted by Crippen LogP contribution is 2.08. The van der Waals surface area contributed by atoms with Crippen molar-refractivity contribution in [3.8, 4) is 0 Å². The van der Waals surface area contributed by atoms with Gasteiger partial charge in [0, 0.05) is 0 Å². The van der Waals surface area contributed by atoms with Gasteiger partial charge in [-0.3, -0.25) is 0 Å². The molecule has 3 heteroatoms. The molecular weight excluding hydrogens is 252 g/mol. The highest BCUT2D eigenvalue weighted by molar-refractivity contribution is 7.00. The van der Waals surface area contributed by atoms with Gasteiger partial charge in [-0.25, -0.2) is 0 Å². The second-order valence-electron chi connectivity index (χ2n) is 5.34. The van der Waals surface area contributed by atoms with E-state index in [2.05, 4.69) is 37.4 Å². The molecule has 100 valence electrons. The van der Waals surface area contributed by atoms with Gasteiger partial charge in [-0.1, -0.05) is 72.0 Å². The Balaban J connectivity index is 2.38. The Morgan fingerprint density at radius 3 is 2.00 bits per heavy atom. The third-order valence-corrected chi connectivity index (χ3v) is 7.22. The lowest BCUT2D eigenvalue weighted by atomic mass is 10.2. The standard InChI is InChI=1S/C16H20O2Si/c1-19(2,15-8-6-13(11-17)7-9-15)16-5-3-4-14(10-16)12-18/h3-10,17-18H,11-12H2,1-2H3. The second kappa shape index (κ2) is 5.69. The van der Waals surface area contributed by atoms with Crippen LogP contribution < -0.4 is 10.4 Å². The number of hydrogen-bond acceptors (Lipinski definition) is 2. The van der Waals surface area contributed by atoms with Crippen molar-refractivity contribution in [1.29, 1.82) is 0 Å². The lowest BCUT2D eigenvalue weighted by Gasteiger charge is -2.24. The minimum Gasteiger partial charge on any atom is -0.392 e. The topological polar surface area (TPSA) is 40.5 Å². The summed E-state index contributed by atoms with van der Waals surface area (Å²) in [5.74, 6) is 0. The van der Waals surface area contributed by atoms with Crippen molar-refractivity contribution in [2.24, 2.45) is 0 Å². The van der Waals surface area contributed by atoms with Crippen molar-refractivity contribution in [2.45, 2.75) is 26.3 Å². The highest BCUT2D eigenvalue weighted by Gasteiger charge is 2.25. The molecule has 2 aromatic rings. The highest BCUT2D eigenvalue weighted by atomic mass is 28.3. The Morgan fingerprint density at radius 1 is 0.789 bits per heavy atom. The van der Waals surface area contributed by atoms with Crippen LogP contribution in [-0.2, 0) is 13.2 Å². The molecule has 0 atom stereocenters. The van der Waals surface area contributed by atoms with Gasteiger partial charge in [-0.15, -0.1) is 0 Å². The number of benzene rings is 2. The molecule has 0 aromatic heterocycles. The average molecular weight is 272 g/mol. The molecule has 0 radical (unpaired) electrons. The van der Waals surface area contributed by atoms with Crippen LogP contribution in [0.2, 0.25) is 13.1 Å². The Bertz CT molecular complexity index is 547. The molecule has 2 rings (SSSR count). The molecule has 0 aliphatic rings. The summed E-state index contributed by atoms with van der Waals surface area (Å²) in [5.41, 5.74) is 1.91. The van der Waals surface area contributed by atoms with E-state index in [0.717, 1.165) is 11.1 Å². The number of hydrogen-bond donors (Lipinski definition) is 2. The SMILES string of the molecule is C[Si](C)(c1ccc(CO)cc1)c1cccc(CO)c1. The molecule has 0 spiro atoms. The third kappa shape index (κ3) is 2.95. The summed E-state index contributed by atoms with van der Waals surface area (Å²) in [5, 5.41) is 21.0. The normalized spacial score (nSPS) is 11.6. The van der Waals surface area contributed by atoms with Crippen molar-refractivity contribution in [3.05, 3.63) is 59.7 Å². The van der Waals surface area contributed by atoms with E-state index < -0.39 is 8.07 Å². The van der Waals surface area contributed by atoms with E-state index in [4.69, 9.17) is 5.11 Å². The zero-order valence-corrected chi connectivity index (χ0v) is 12.4. The van der Waals surface area contributed by atoms with Gasteiger partial charge in [0.15, 0.2) is 0 Å². The maximum atomic E-state index is 9.25. The summed E-state index contributed by atoms with van der Waals surface area (Å²) >= 11 is 0. The van der Waals surface area contributed by atoms with Crippen LogP contribution in [0.5, 0.6) is 0 Å².